The highest BCUT2D eigenvalue weighted by Crippen LogP contribution is 2.45. The first kappa shape index (κ1) is 23.0. The van der Waals surface area contributed by atoms with Crippen LogP contribution in [-0.4, -0.2) is 73.9 Å². The van der Waals surface area contributed by atoms with E-state index in [1.165, 1.54) is 38.5 Å². The molecular formula is C27H36N10. The molecule has 4 aliphatic rings. The third kappa shape index (κ3) is 4.79. The minimum atomic E-state index is -0.0807. The molecule has 3 aromatic rings. The Morgan fingerprint density at radius 3 is 2.59 bits per heavy atom. The lowest BCUT2D eigenvalue weighted by atomic mass is 9.85. The van der Waals surface area contributed by atoms with Crippen molar-refractivity contribution in [3.05, 3.63) is 36.4 Å². The fourth-order valence-electron chi connectivity index (χ4n) is 6.04. The predicted molar refractivity (Wildman–Crippen MR) is 141 cm³/mol. The maximum atomic E-state index is 4.83. The second-order valence-corrected chi connectivity index (χ2v) is 11.5. The molecule has 1 N–H and O–H groups in total. The van der Waals surface area contributed by atoms with Crippen molar-refractivity contribution in [2.45, 2.75) is 57.5 Å². The summed E-state index contributed by atoms with van der Waals surface area (Å²) in [5, 5.41) is 21.7. The van der Waals surface area contributed by atoms with Gasteiger partial charge in [0.2, 0.25) is 0 Å². The predicted octanol–water partition coefficient (Wildman–Crippen LogP) is 2.95. The smallest absolute Gasteiger partial charge is 0.151 e. The van der Waals surface area contributed by atoms with Gasteiger partial charge in [0.1, 0.15) is 17.2 Å². The van der Waals surface area contributed by atoms with E-state index >= 15 is 0 Å². The van der Waals surface area contributed by atoms with Crippen LogP contribution in [0.4, 0.5) is 11.6 Å². The normalized spacial score (nSPS) is 26.1. The molecule has 2 saturated heterocycles. The maximum absolute atomic E-state index is 4.83. The van der Waals surface area contributed by atoms with E-state index in [4.69, 9.17) is 4.98 Å². The van der Waals surface area contributed by atoms with Crippen LogP contribution in [-0.2, 0) is 0 Å². The molecule has 2 aliphatic heterocycles. The Morgan fingerprint density at radius 1 is 0.919 bits per heavy atom. The zero-order valence-electron chi connectivity index (χ0n) is 21.6. The number of nitrogens with zero attached hydrogens (tertiary/aromatic N) is 9. The summed E-state index contributed by atoms with van der Waals surface area (Å²) < 4.78 is 1.83. The Bertz CT molecular complexity index is 1210. The van der Waals surface area contributed by atoms with Crippen LogP contribution in [0, 0.1) is 17.8 Å². The first-order valence-electron chi connectivity index (χ1n) is 14.0. The topological polar surface area (TPSA) is 101 Å². The second-order valence-electron chi connectivity index (χ2n) is 11.5. The summed E-state index contributed by atoms with van der Waals surface area (Å²) in [6, 6.07) is 4.63. The SMILES string of the molecule is CC(c1ccc(N2CCC[C@@H](NCC3CCC3)C2)nn1)n1cc(-c2cncc(N3CC4CC4C3)n2)nn1. The monoisotopic (exact) mass is 500 g/mol. The van der Waals surface area contributed by atoms with Gasteiger partial charge in [-0.2, -0.15) is 5.10 Å². The molecule has 5 heterocycles. The van der Waals surface area contributed by atoms with E-state index in [9.17, 15) is 0 Å². The highest BCUT2D eigenvalue weighted by atomic mass is 15.4. The molecule has 2 aliphatic carbocycles. The molecule has 194 valence electrons. The summed E-state index contributed by atoms with van der Waals surface area (Å²) in [5.74, 6) is 4.48. The first-order chi connectivity index (χ1) is 18.2. The zero-order chi connectivity index (χ0) is 24.8. The van der Waals surface area contributed by atoms with Gasteiger partial charge in [-0.15, -0.1) is 10.2 Å². The Balaban J connectivity index is 0.994. The van der Waals surface area contributed by atoms with Gasteiger partial charge in [-0.3, -0.25) is 4.98 Å². The van der Waals surface area contributed by atoms with E-state index in [0.717, 1.165) is 79.2 Å². The first-order valence-corrected chi connectivity index (χ1v) is 14.0. The molecule has 10 heteroatoms. The molecule has 4 fully saturated rings. The molecule has 3 unspecified atom stereocenters. The van der Waals surface area contributed by atoms with Crippen LogP contribution >= 0.6 is 0 Å². The standard InChI is InChI=1S/C27H36N10/c1-18(23-7-8-26(33-31-23)35-9-3-6-22(16-35)29-11-19-4-2-5-19)37-17-25(32-34-37)24-12-28-13-27(30-24)36-14-20-10-21(20)15-36/h7-8,12-13,17-22,29H,2-6,9-11,14-16H2,1H3/t18?,20?,21?,22-/m1/s1. The van der Waals surface area contributed by atoms with Gasteiger partial charge < -0.3 is 15.1 Å². The van der Waals surface area contributed by atoms with Crippen molar-refractivity contribution < 1.29 is 0 Å². The van der Waals surface area contributed by atoms with E-state index in [0.29, 0.717) is 6.04 Å². The molecular weight excluding hydrogens is 464 g/mol. The van der Waals surface area contributed by atoms with E-state index < -0.39 is 0 Å². The fourth-order valence-corrected chi connectivity index (χ4v) is 6.04. The van der Waals surface area contributed by atoms with E-state index in [1.54, 1.807) is 6.20 Å². The molecule has 0 radical (unpaired) electrons. The van der Waals surface area contributed by atoms with Crippen LogP contribution < -0.4 is 15.1 Å². The number of piperidine rings is 2. The van der Waals surface area contributed by atoms with Gasteiger partial charge in [-0.25, -0.2) is 9.67 Å². The Kier molecular flexibility index (Phi) is 5.99. The summed E-state index contributed by atoms with van der Waals surface area (Å²) in [5.41, 5.74) is 2.35. The van der Waals surface area contributed by atoms with Crippen LogP contribution in [0.3, 0.4) is 0 Å². The summed E-state index contributed by atoms with van der Waals surface area (Å²) in [7, 11) is 0. The fraction of sp³-hybridized carbons (Fsp3) is 0.630. The van der Waals surface area contributed by atoms with Crippen molar-refractivity contribution in [3.8, 4) is 11.4 Å². The van der Waals surface area contributed by atoms with Crippen LogP contribution in [0.2, 0.25) is 0 Å². The van der Waals surface area contributed by atoms with E-state index in [2.05, 4.69) is 59.7 Å². The molecule has 0 bridgehead atoms. The summed E-state index contributed by atoms with van der Waals surface area (Å²) in [4.78, 5) is 14.0. The highest BCUT2D eigenvalue weighted by molar-refractivity contribution is 5.55. The van der Waals surface area contributed by atoms with Gasteiger partial charge in [-0.05, 0) is 75.5 Å². The number of hydrogen-bond donors (Lipinski definition) is 1. The van der Waals surface area contributed by atoms with Gasteiger partial charge >= 0.3 is 0 Å². The third-order valence-electron chi connectivity index (χ3n) is 8.86. The molecule has 37 heavy (non-hydrogen) atoms. The highest BCUT2D eigenvalue weighted by Gasteiger charge is 2.45. The lowest BCUT2D eigenvalue weighted by molar-refractivity contribution is 0.280. The minimum Gasteiger partial charge on any atom is -0.355 e. The molecule has 0 amide bonds. The van der Waals surface area contributed by atoms with Crippen LogP contribution in [0.15, 0.2) is 30.7 Å². The number of fused-ring (bicyclic) bond motifs is 1. The van der Waals surface area contributed by atoms with Crippen molar-refractivity contribution in [3.63, 3.8) is 0 Å². The minimum absolute atomic E-state index is 0.0807. The number of aromatic nitrogens is 7. The Hall–Kier alpha value is -3.14. The molecule has 10 nitrogen and oxygen atoms in total. The Labute approximate surface area is 217 Å². The lowest BCUT2D eigenvalue weighted by Gasteiger charge is -2.35. The van der Waals surface area contributed by atoms with Crippen LogP contribution in [0.25, 0.3) is 11.4 Å². The summed E-state index contributed by atoms with van der Waals surface area (Å²) in [6.07, 6.45) is 13.5. The van der Waals surface area contributed by atoms with Gasteiger partial charge in [0, 0.05) is 32.2 Å². The maximum Gasteiger partial charge on any atom is 0.151 e. The largest absolute Gasteiger partial charge is 0.355 e. The summed E-state index contributed by atoms with van der Waals surface area (Å²) in [6.45, 7) is 7.46. The van der Waals surface area contributed by atoms with Crippen LogP contribution in [0.1, 0.15) is 57.2 Å². The molecule has 0 aromatic carbocycles. The number of rotatable bonds is 8. The van der Waals surface area contributed by atoms with Crippen molar-refractivity contribution in [1.82, 2.24) is 40.5 Å². The van der Waals surface area contributed by atoms with Crippen molar-refractivity contribution in [2.75, 3.05) is 42.5 Å². The quantitative estimate of drug-likeness (QED) is 0.500. The third-order valence-corrected chi connectivity index (χ3v) is 8.86. The van der Waals surface area contributed by atoms with Crippen molar-refractivity contribution in [2.24, 2.45) is 17.8 Å². The van der Waals surface area contributed by atoms with Crippen molar-refractivity contribution in [1.29, 1.82) is 0 Å². The number of nitrogens with one attached hydrogen (secondary N) is 1. The van der Waals surface area contributed by atoms with Gasteiger partial charge in [-0.1, -0.05) is 11.6 Å². The molecule has 2 saturated carbocycles. The van der Waals surface area contributed by atoms with Gasteiger partial charge in [0.15, 0.2) is 5.82 Å². The molecule has 0 spiro atoms. The van der Waals surface area contributed by atoms with Crippen molar-refractivity contribution >= 4 is 11.6 Å². The zero-order valence-corrected chi connectivity index (χ0v) is 21.6. The summed E-state index contributed by atoms with van der Waals surface area (Å²) >= 11 is 0. The number of anilines is 2. The molecule has 7 rings (SSSR count). The molecule has 3 aromatic heterocycles. The Morgan fingerprint density at radius 2 is 1.81 bits per heavy atom. The van der Waals surface area contributed by atoms with E-state index in [-0.39, 0.29) is 6.04 Å². The number of hydrogen-bond acceptors (Lipinski definition) is 9. The average Bonchev–Trinajstić information content (AvgIpc) is 3.28. The van der Waals surface area contributed by atoms with E-state index in [1.807, 2.05) is 17.1 Å². The van der Waals surface area contributed by atoms with Gasteiger partial charge in [0.05, 0.1) is 30.3 Å². The second kappa shape index (κ2) is 9.63. The van der Waals surface area contributed by atoms with Crippen LogP contribution in [0.5, 0.6) is 0 Å². The lowest BCUT2D eigenvalue weighted by Crippen LogP contribution is -2.47. The molecule has 4 atom stereocenters. The average molecular weight is 501 g/mol. The van der Waals surface area contributed by atoms with Gasteiger partial charge in [0.25, 0.3) is 0 Å².